The van der Waals surface area contributed by atoms with Gasteiger partial charge in [-0.25, -0.2) is 4.79 Å². The third-order valence-corrected chi connectivity index (χ3v) is 10.4. The van der Waals surface area contributed by atoms with Crippen molar-refractivity contribution in [1.29, 1.82) is 0 Å². The Labute approximate surface area is 262 Å². The molecular weight excluding hydrogens is 578 g/mol. The molecule has 0 saturated heterocycles. The smallest absolute Gasteiger partial charge is 0.407 e. The number of fused-ring (bicyclic) bond motifs is 1. The minimum absolute atomic E-state index is 0.0213. The molecule has 8 nitrogen and oxygen atoms in total. The summed E-state index contributed by atoms with van der Waals surface area (Å²) in [6, 6.07) is 9.56. The van der Waals surface area contributed by atoms with E-state index in [2.05, 4.69) is 10.6 Å². The Morgan fingerprint density at radius 3 is 2.45 bits per heavy atom. The molecule has 9 heteroatoms. The predicted molar refractivity (Wildman–Crippen MR) is 170 cm³/mol. The number of amides is 1. The van der Waals surface area contributed by atoms with Crippen LogP contribution in [0.1, 0.15) is 69.7 Å². The number of carbonyl (C=O) groups is 2. The van der Waals surface area contributed by atoms with Crippen LogP contribution in [0.4, 0.5) is 10.5 Å². The zero-order chi connectivity index (χ0) is 30.9. The first-order valence-corrected chi connectivity index (χ1v) is 16.2. The average molecular weight is 618 g/mol. The molecule has 8 rings (SSSR count). The normalized spacial score (nSPS) is 27.3. The molecular formula is C35H40ClN3O5. The number of aromatic nitrogens is 1. The summed E-state index contributed by atoms with van der Waals surface area (Å²) in [6.45, 7) is 5.66. The van der Waals surface area contributed by atoms with Crippen LogP contribution in [0.5, 0.6) is 11.5 Å². The topological polar surface area (TPSA) is 110 Å². The number of rotatable bonds is 7. The van der Waals surface area contributed by atoms with Crippen LogP contribution in [-0.2, 0) is 4.74 Å². The fourth-order valence-electron chi connectivity index (χ4n) is 8.15. The van der Waals surface area contributed by atoms with Gasteiger partial charge in [-0.3, -0.25) is 9.78 Å². The first kappa shape index (κ1) is 29.2. The van der Waals surface area contributed by atoms with Gasteiger partial charge in [0.15, 0.2) is 17.3 Å². The van der Waals surface area contributed by atoms with Crippen molar-refractivity contribution in [3.63, 3.8) is 0 Å². The Kier molecular flexibility index (Phi) is 7.19. The maximum atomic E-state index is 13.7. The number of ether oxygens (including phenoxy) is 2. The number of benzene rings is 2. The Bertz CT molecular complexity index is 1650. The first-order chi connectivity index (χ1) is 21.0. The molecule has 6 unspecified atom stereocenters. The van der Waals surface area contributed by atoms with Gasteiger partial charge >= 0.3 is 6.09 Å². The van der Waals surface area contributed by atoms with E-state index in [4.69, 9.17) is 26.1 Å². The molecule has 1 aromatic heterocycles. The number of hydrogen-bond donors (Lipinski definition) is 3. The van der Waals surface area contributed by atoms with E-state index in [9.17, 15) is 14.7 Å². The summed E-state index contributed by atoms with van der Waals surface area (Å²) in [4.78, 5) is 31.3. The summed E-state index contributed by atoms with van der Waals surface area (Å²) < 4.78 is 11.0. The summed E-state index contributed by atoms with van der Waals surface area (Å²) in [7, 11) is 1.49. The van der Waals surface area contributed by atoms with Crippen LogP contribution in [0, 0.1) is 29.6 Å². The second kappa shape index (κ2) is 10.8. The van der Waals surface area contributed by atoms with Crippen LogP contribution in [0.15, 0.2) is 36.5 Å². The number of carbonyl (C=O) groups excluding carboxylic acids is 2. The summed E-state index contributed by atoms with van der Waals surface area (Å²) in [5.74, 6) is 2.16. The van der Waals surface area contributed by atoms with Crippen LogP contribution in [-0.4, -0.2) is 46.8 Å². The van der Waals surface area contributed by atoms with Crippen LogP contribution < -0.4 is 15.4 Å². The molecule has 5 aliphatic rings. The van der Waals surface area contributed by atoms with Crippen molar-refractivity contribution in [3.8, 4) is 22.6 Å². The highest BCUT2D eigenvalue weighted by Gasteiger charge is 2.54. The molecule has 2 aromatic carbocycles. The number of alkyl carbamates (subject to hydrolysis) is 1. The quantitative estimate of drug-likeness (QED) is 0.234. The number of nitrogens with zero attached hydrogens (tertiary/aromatic N) is 1. The van der Waals surface area contributed by atoms with E-state index in [1.54, 1.807) is 18.3 Å². The molecule has 232 valence electrons. The number of halogens is 1. The zero-order valence-corrected chi connectivity index (χ0v) is 26.4. The van der Waals surface area contributed by atoms with Gasteiger partial charge in [-0.05, 0) is 112 Å². The van der Waals surface area contributed by atoms with E-state index >= 15 is 0 Å². The van der Waals surface area contributed by atoms with Crippen molar-refractivity contribution < 1.29 is 24.2 Å². The van der Waals surface area contributed by atoms with Crippen molar-refractivity contribution in [2.75, 3.05) is 12.4 Å². The second-order valence-electron chi connectivity index (χ2n) is 14.3. The molecule has 3 aromatic rings. The largest absolute Gasteiger partial charge is 0.503 e. The molecule has 1 heterocycles. The summed E-state index contributed by atoms with van der Waals surface area (Å²) >= 11 is 6.35. The van der Waals surface area contributed by atoms with Crippen molar-refractivity contribution >= 4 is 40.1 Å². The Morgan fingerprint density at radius 1 is 1.00 bits per heavy atom. The van der Waals surface area contributed by atoms with Gasteiger partial charge in [0.25, 0.3) is 0 Å². The maximum absolute atomic E-state index is 13.7. The third kappa shape index (κ3) is 5.35. The van der Waals surface area contributed by atoms with Crippen LogP contribution in [0.3, 0.4) is 0 Å². The minimum Gasteiger partial charge on any atom is -0.503 e. The minimum atomic E-state index is -0.564. The van der Waals surface area contributed by atoms with Crippen LogP contribution >= 0.6 is 11.6 Å². The molecule has 0 spiro atoms. The van der Waals surface area contributed by atoms with Gasteiger partial charge in [0.2, 0.25) is 0 Å². The second-order valence-corrected chi connectivity index (χ2v) is 14.7. The SMILES string of the molecule is COc1cc(-c2ccc3ncc(C(=O)C4CC4)c(NC4C5CC6CC(C5)C(NC(=O)OC(C)(C)C)C4C6)c3c2)cc(Cl)c1O. The highest BCUT2D eigenvalue weighted by Crippen LogP contribution is 2.55. The molecule has 4 bridgehead atoms. The Hall–Kier alpha value is -3.52. The number of anilines is 1. The molecule has 3 N–H and O–H groups in total. The zero-order valence-electron chi connectivity index (χ0n) is 25.7. The van der Waals surface area contributed by atoms with Gasteiger partial charge in [0.05, 0.1) is 28.9 Å². The number of hydrogen-bond acceptors (Lipinski definition) is 7. The number of ketones is 1. The van der Waals surface area contributed by atoms with Crippen LogP contribution in [0.2, 0.25) is 5.02 Å². The van der Waals surface area contributed by atoms with Crippen molar-refractivity contribution in [3.05, 3.63) is 47.1 Å². The van der Waals surface area contributed by atoms with E-state index in [0.29, 0.717) is 29.1 Å². The highest BCUT2D eigenvalue weighted by molar-refractivity contribution is 6.32. The average Bonchev–Trinajstić information content (AvgIpc) is 3.82. The number of methoxy groups -OCH3 is 1. The van der Waals surface area contributed by atoms with Gasteiger partial charge in [-0.15, -0.1) is 0 Å². The van der Waals surface area contributed by atoms with Gasteiger partial charge < -0.3 is 25.2 Å². The van der Waals surface area contributed by atoms with Crippen LogP contribution in [0.25, 0.3) is 22.0 Å². The summed E-state index contributed by atoms with van der Waals surface area (Å²) in [5.41, 5.74) is 3.32. The highest BCUT2D eigenvalue weighted by atomic mass is 35.5. The van der Waals surface area contributed by atoms with E-state index < -0.39 is 5.60 Å². The predicted octanol–water partition coefficient (Wildman–Crippen LogP) is 7.60. The number of pyridine rings is 1. The summed E-state index contributed by atoms with van der Waals surface area (Å²) in [6.07, 6.45) is 7.57. The van der Waals surface area contributed by atoms with E-state index in [0.717, 1.165) is 66.2 Å². The van der Waals surface area contributed by atoms with Gasteiger partial charge in [-0.1, -0.05) is 17.7 Å². The van der Waals surface area contributed by atoms with Gasteiger partial charge in [-0.2, -0.15) is 0 Å². The molecule has 0 aliphatic heterocycles. The molecule has 5 fully saturated rings. The van der Waals surface area contributed by atoms with E-state index in [-0.39, 0.29) is 46.6 Å². The molecule has 5 saturated carbocycles. The van der Waals surface area contributed by atoms with Gasteiger partial charge in [0.1, 0.15) is 5.60 Å². The number of nitrogens with one attached hydrogen (secondary N) is 2. The Balaban J connectivity index is 1.29. The first-order valence-electron chi connectivity index (χ1n) is 15.8. The molecule has 5 aliphatic carbocycles. The van der Waals surface area contributed by atoms with E-state index in [1.807, 2.05) is 39.0 Å². The van der Waals surface area contributed by atoms with E-state index in [1.165, 1.54) is 7.11 Å². The molecule has 1 amide bonds. The lowest BCUT2D eigenvalue weighted by atomic mass is 9.52. The fourth-order valence-corrected chi connectivity index (χ4v) is 8.36. The third-order valence-electron chi connectivity index (χ3n) is 10.1. The number of phenols is 1. The number of aromatic hydroxyl groups is 1. The van der Waals surface area contributed by atoms with Crippen molar-refractivity contribution in [2.45, 2.75) is 77.0 Å². The Morgan fingerprint density at radius 2 is 1.75 bits per heavy atom. The monoisotopic (exact) mass is 617 g/mol. The lowest BCUT2D eigenvalue weighted by Gasteiger charge is -2.58. The number of Topliss-reactive ketones (excluding diaryl/α,β-unsaturated/α-hetero) is 1. The number of phenolic OH excluding ortho intramolecular Hbond substituents is 1. The molecule has 44 heavy (non-hydrogen) atoms. The standard InChI is InChI=1S/C35H40ClN3O5/c1-35(2,3)44-34(42)39-30-22-10-17-9-21(12-22)29(24(30)11-17)38-31-23-13-19(20-14-26(36)33(41)28(15-20)43-4)7-8-27(23)37-16-25(31)32(40)18-5-6-18/h7-8,13-18,21-22,24,29-30,41H,5-6,9-12H2,1-4H3,(H,37,38)(H,39,42). The maximum Gasteiger partial charge on any atom is 0.407 e. The lowest BCUT2D eigenvalue weighted by molar-refractivity contribution is -0.0291. The summed E-state index contributed by atoms with van der Waals surface area (Å²) in [5, 5.41) is 18.6. The van der Waals surface area contributed by atoms with Gasteiger partial charge in [0, 0.05) is 35.5 Å². The molecule has 6 atom stereocenters. The van der Waals surface area contributed by atoms with Crippen molar-refractivity contribution in [2.24, 2.45) is 29.6 Å². The lowest BCUT2D eigenvalue weighted by Crippen LogP contribution is -2.63. The molecule has 0 radical (unpaired) electrons. The fraction of sp³-hybridized carbons (Fsp3) is 0.514. The van der Waals surface area contributed by atoms with Crippen molar-refractivity contribution in [1.82, 2.24) is 10.3 Å².